The van der Waals surface area contributed by atoms with Gasteiger partial charge in [-0.1, -0.05) is 20.8 Å². The number of rotatable bonds is 6. The molecule has 2 heterocycles. The molecule has 174 valence electrons. The minimum Gasteiger partial charge on any atom is -0.494 e. The highest BCUT2D eigenvalue weighted by Gasteiger charge is 2.34. The van der Waals surface area contributed by atoms with E-state index in [4.69, 9.17) is 9.15 Å². The Labute approximate surface area is 198 Å². The van der Waals surface area contributed by atoms with E-state index in [-0.39, 0.29) is 23.0 Å². The largest absolute Gasteiger partial charge is 0.494 e. The van der Waals surface area contributed by atoms with E-state index in [1.807, 2.05) is 31.2 Å². The first-order valence-electron chi connectivity index (χ1n) is 11.3. The van der Waals surface area contributed by atoms with Crippen molar-refractivity contribution in [1.82, 2.24) is 0 Å². The fraction of sp³-hybridized carbons (Fsp3) is 0.385. The topological polar surface area (TPSA) is 80.6 Å². The van der Waals surface area contributed by atoms with E-state index in [1.165, 1.54) is 22.5 Å². The standard InChI is InChI=1S/C26H30N2O4S/c1-5-31-18-11-9-17(10-12-18)27-24(30)22-19-13-8-16(26(2,3)4)15-21(19)33-25(22)28-23(29)20-7-6-14-32-20/h6-7,9-12,14,16H,5,8,13,15H2,1-4H3,(H,27,30)(H,28,29)/t16-/m0/s1. The molecule has 0 radical (unpaired) electrons. The van der Waals surface area contributed by atoms with Gasteiger partial charge in [0.15, 0.2) is 5.76 Å². The van der Waals surface area contributed by atoms with Crippen molar-refractivity contribution in [2.24, 2.45) is 11.3 Å². The van der Waals surface area contributed by atoms with Gasteiger partial charge in [0.1, 0.15) is 10.8 Å². The van der Waals surface area contributed by atoms with Gasteiger partial charge < -0.3 is 19.8 Å². The van der Waals surface area contributed by atoms with Crippen molar-refractivity contribution >= 4 is 33.8 Å². The summed E-state index contributed by atoms with van der Waals surface area (Å²) in [5, 5.41) is 6.48. The minimum absolute atomic E-state index is 0.185. The van der Waals surface area contributed by atoms with Gasteiger partial charge in [-0.2, -0.15) is 0 Å². The molecule has 1 aromatic carbocycles. The second kappa shape index (κ2) is 9.43. The Hall–Kier alpha value is -3.06. The van der Waals surface area contributed by atoms with E-state index >= 15 is 0 Å². The molecule has 0 spiro atoms. The number of hydrogen-bond acceptors (Lipinski definition) is 5. The summed E-state index contributed by atoms with van der Waals surface area (Å²) in [4.78, 5) is 27.3. The van der Waals surface area contributed by atoms with E-state index in [1.54, 1.807) is 12.1 Å². The Morgan fingerprint density at radius 2 is 1.88 bits per heavy atom. The van der Waals surface area contributed by atoms with Gasteiger partial charge in [0.05, 0.1) is 18.4 Å². The fourth-order valence-electron chi connectivity index (χ4n) is 4.22. The third kappa shape index (κ3) is 5.14. The highest BCUT2D eigenvalue weighted by atomic mass is 32.1. The number of ether oxygens (including phenoxy) is 1. The Morgan fingerprint density at radius 3 is 2.52 bits per heavy atom. The fourth-order valence-corrected chi connectivity index (χ4v) is 5.54. The van der Waals surface area contributed by atoms with Crippen LogP contribution in [0.4, 0.5) is 10.7 Å². The second-order valence-electron chi connectivity index (χ2n) is 9.36. The van der Waals surface area contributed by atoms with Gasteiger partial charge in [0.2, 0.25) is 0 Å². The molecular formula is C26H30N2O4S. The van der Waals surface area contributed by atoms with Gasteiger partial charge >= 0.3 is 0 Å². The normalized spacial score (nSPS) is 15.6. The quantitative estimate of drug-likeness (QED) is 0.441. The number of hydrogen-bond donors (Lipinski definition) is 2. The Bertz CT molecular complexity index is 1120. The second-order valence-corrected chi connectivity index (χ2v) is 10.5. The number of nitrogens with one attached hydrogen (secondary N) is 2. The number of amides is 2. The minimum atomic E-state index is -0.360. The molecular weight excluding hydrogens is 436 g/mol. The number of thiophene rings is 1. The molecule has 2 N–H and O–H groups in total. The summed E-state index contributed by atoms with van der Waals surface area (Å²) < 4.78 is 10.7. The van der Waals surface area contributed by atoms with Crippen LogP contribution in [-0.4, -0.2) is 18.4 Å². The molecule has 2 aromatic heterocycles. The monoisotopic (exact) mass is 466 g/mol. The Morgan fingerprint density at radius 1 is 1.12 bits per heavy atom. The third-order valence-corrected chi connectivity index (χ3v) is 7.28. The Balaban J connectivity index is 1.63. The zero-order chi connectivity index (χ0) is 23.6. The number of fused-ring (bicyclic) bond motifs is 1. The predicted molar refractivity (Wildman–Crippen MR) is 132 cm³/mol. The van der Waals surface area contributed by atoms with Crippen LogP contribution in [0.3, 0.4) is 0 Å². The number of anilines is 2. The molecule has 33 heavy (non-hydrogen) atoms. The van der Waals surface area contributed by atoms with Gasteiger partial charge in [0, 0.05) is 10.6 Å². The van der Waals surface area contributed by atoms with Crippen LogP contribution >= 0.6 is 11.3 Å². The SMILES string of the molecule is CCOc1ccc(NC(=O)c2c(NC(=O)c3ccco3)sc3c2CC[C@H](C(C)(C)C)C3)cc1. The molecule has 2 amide bonds. The van der Waals surface area contributed by atoms with Gasteiger partial charge in [-0.3, -0.25) is 9.59 Å². The van der Waals surface area contributed by atoms with Crippen molar-refractivity contribution in [3.8, 4) is 5.75 Å². The van der Waals surface area contributed by atoms with Crippen molar-refractivity contribution in [2.45, 2.75) is 47.0 Å². The summed E-state index contributed by atoms with van der Waals surface area (Å²) in [6, 6.07) is 10.6. The van der Waals surface area contributed by atoms with Crippen molar-refractivity contribution < 1.29 is 18.7 Å². The van der Waals surface area contributed by atoms with Gasteiger partial charge in [-0.25, -0.2) is 0 Å². The maximum Gasteiger partial charge on any atom is 0.291 e. The molecule has 4 rings (SSSR count). The summed E-state index contributed by atoms with van der Waals surface area (Å²) in [5.74, 6) is 0.913. The molecule has 0 bridgehead atoms. The van der Waals surface area contributed by atoms with Gasteiger partial charge in [0.25, 0.3) is 11.8 Å². The first-order chi connectivity index (χ1) is 15.8. The van der Waals surface area contributed by atoms with Crippen molar-refractivity contribution in [3.05, 3.63) is 64.4 Å². The molecule has 3 aromatic rings. The first kappa shape index (κ1) is 23.1. The molecule has 0 saturated heterocycles. The van der Waals surface area contributed by atoms with Crippen molar-refractivity contribution in [1.29, 1.82) is 0 Å². The van der Waals surface area contributed by atoms with E-state index in [0.29, 0.717) is 28.8 Å². The molecule has 0 fully saturated rings. The Kier molecular flexibility index (Phi) is 6.61. The summed E-state index contributed by atoms with van der Waals surface area (Å²) in [5.41, 5.74) is 2.45. The average Bonchev–Trinajstić information content (AvgIpc) is 3.42. The highest BCUT2D eigenvalue weighted by molar-refractivity contribution is 7.17. The summed E-state index contributed by atoms with van der Waals surface area (Å²) in [7, 11) is 0. The van der Waals surface area contributed by atoms with Crippen molar-refractivity contribution in [2.75, 3.05) is 17.2 Å². The van der Waals surface area contributed by atoms with Crippen LogP contribution in [0.1, 0.15) is 65.5 Å². The lowest BCUT2D eigenvalue weighted by molar-refractivity contribution is 0.0997. The lowest BCUT2D eigenvalue weighted by Gasteiger charge is -2.33. The van der Waals surface area contributed by atoms with E-state index in [2.05, 4.69) is 31.4 Å². The maximum absolute atomic E-state index is 13.4. The van der Waals surface area contributed by atoms with Crippen LogP contribution in [0.5, 0.6) is 5.75 Å². The highest BCUT2D eigenvalue weighted by Crippen LogP contribution is 2.44. The van der Waals surface area contributed by atoms with Gasteiger partial charge in [-0.05, 0) is 79.5 Å². The summed E-state index contributed by atoms with van der Waals surface area (Å²) in [6.07, 6.45) is 4.20. The lowest BCUT2D eigenvalue weighted by Crippen LogP contribution is -2.27. The third-order valence-electron chi connectivity index (χ3n) is 6.11. The van der Waals surface area contributed by atoms with E-state index in [9.17, 15) is 9.59 Å². The molecule has 1 aliphatic rings. The number of carbonyl (C=O) groups is 2. The molecule has 7 heteroatoms. The molecule has 0 unspecified atom stereocenters. The smallest absolute Gasteiger partial charge is 0.291 e. The zero-order valence-corrected chi connectivity index (χ0v) is 20.3. The van der Waals surface area contributed by atoms with Crippen LogP contribution in [0.25, 0.3) is 0 Å². The summed E-state index contributed by atoms with van der Waals surface area (Å²) in [6.45, 7) is 9.29. The number of furan rings is 1. The number of benzene rings is 1. The van der Waals surface area contributed by atoms with Crippen LogP contribution in [0, 0.1) is 11.3 Å². The number of carbonyl (C=O) groups excluding carboxylic acids is 2. The average molecular weight is 467 g/mol. The molecule has 1 aliphatic carbocycles. The van der Waals surface area contributed by atoms with E-state index < -0.39 is 0 Å². The molecule has 6 nitrogen and oxygen atoms in total. The zero-order valence-electron chi connectivity index (χ0n) is 19.5. The van der Waals surface area contributed by atoms with Crippen LogP contribution in [0.15, 0.2) is 47.1 Å². The van der Waals surface area contributed by atoms with Gasteiger partial charge in [-0.15, -0.1) is 11.3 Å². The van der Waals surface area contributed by atoms with Crippen molar-refractivity contribution in [3.63, 3.8) is 0 Å². The molecule has 1 atom stereocenters. The molecule has 0 saturated carbocycles. The van der Waals surface area contributed by atoms with Crippen LogP contribution < -0.4 is 15.4 Å². The maximum atomic E-state index is 13.4. The van der Waals surface area contributed by atoms with Crippen LogP contribution in [-0.2, 0) is 12.8 Å². The van der Waals surface area contributed by atoms with Crippen LogP contribution in [0.2, 0.25) is 0 Å². The van der Waals surface area contributed by atoms with E-state index in [0.717, 1.165) is 30.6 Å². The predicted octanol–water partition coefficient (Wildman–Crippen LogP) is 6.40. The lowest BCUT2D eigenvalue weighted by atomic mass is 9.72. The first-order valence-corrected chi connectivity index (χ1v) is 12.1. The summed E-state index contributed by atoms with van der Waals surface area (Å²) >= 11 is 1.50. The molecule has 0 aliphatic heterocycles.